The Kier molecular flexibility index (Phi) is 3.11. The second-order valence-corrected chi connectivity index (χ2v) is 3.16. The minimum atomic E-state index is 0.958. The van der Waals surface area contributed by atoms with E-state index in [1.54, 1.807) is 12.3 Å². The van der Waals surface area contributed by atoms with Crippen LogP contribution in [0.25, 0.3) is 10.7 Å². The van der Waals surface area contributed by atoms with Crippen molar-refractivity contribution in [1.82, 2.24) is 0 Å². The molecule has 0 spiro atoms. The van der Waals surface area contributed by atoms with E-state index >= 15 is 0 Å². The molecule has 62 valence electrons. The molecule has 0 aliphatic carbocycles. The Morgan fingerprint density at radius 1 is 1.42 bits per heavy atom. The fourth-order valence-electron chi connectivity index (χ4n) is 0.970. The van der Waals surface area contributed by atoms with E-state index in [1.165, 1.54) is 0 Å². The lowest BCUT2D eigenvalue weighted by molar-refractivity contribution is 1.49. The lowest BCUT2D eigenvalue weighted by Crippen LogP contribution is -2.26. The summed E-state index contributed by atoms with van der Waals surface area (Å²) < 4.78 is 0.958. The molecule has 1 aromatic rings. The Balaban J connectivity index is 3.65. The van der Waals surface area contributed by atoms with Gasteiger partial charge < -0.3 is 5.73 Å². The van der Waals surface area contributed by atoms with Crippen molar-refractivity contribution in [2.75, 3.05) is 0 Å². The average molecular weight is 224 g/mol. The van der Waals surface area contributed by atoms with Crippen molar-refractivity contribution in [3.05, 3.63) is 47.4 Å². The second kappa shape index (κ2) is 4.12. The number of hydrogen-bond acceptors (Lipinski definition) is 1. The van der Waals surface area contributed by atoms with E-state index in [-0.39, 0.29) is 0 Å². The van der Waals surface area contributed by atoms with Crippen LogP contribution in [0.3, 0.4) is 0 Å². The number of benzene rings is 1. The predicted octanol–water partition coefficient (Wildman–Crippen LogP) is 1.07. The van der Waals surface area contributed by atoms with E-state index < -0.39 is 0 Å². The maximum atomic E-state index is 5.45. The van der Waals surface area contributed by atoms with Gasteiger partial charge in [0.05, 0.1) is 0 Å². The molecule has 0 saturated carbocycles. The first kappa shape index (κ1) is 9.07. The topological polar surface area (TPSA) is 26.0 Å². The maximum absolute atomic E-state index is 5.45. The fourth-order valence-corrected chi connectivity index (χ4v) is 1.33. The van der Waals surface area contributed by atoms with E-state index in [4.69, 9.17) is 5.73 Å². The number of nitrogens with two attached hydrogens (primary N) is 1. The van der Waals surface area contributed by atoms with Gasteiger partial charge in [0.2, 0.25) is 0 Å². The van der Waals surface area contributed by atoms with Gasteiger partial charge in [0.15, 0.2) is 0 Å². The zero-order chi connectivity index (χ0) is 8.97. The molecule has 2 heteroatoms. The number of rotatable bonds is 1. The van der Waals surface area contributed by atoms with Gasteiger partial charge in [-0.3, -0.25) is 0 Å². The van der Waals surface area contributed by atoms with Crippen molar-refractivity contribution in [3.63, 3.8) is 0 Å². The van der Waals surface area contributed by atoms with Gasteiger partial charge in [0.25, 0.3) is 0 Å². The summed E-state index contributed by atoms with van der Waals surface area (Å²) in [6.45, 7) is 3.67. The number of halogens is 1. The van der Waals surface area contributed by atoms with Crippen LogP contribution >= 0.6 is 15.9 Å². The summed E-state index contributed by atoms with van der Waals surface area (Å²) in [5.41, 5.74) is 5.45. The molecule has 0 bridgehead atoms. The van der Waals surface area contributed by atoms with Gasteiger partial charge in [-0.25, -0.2) is 0 Å². The third-order valence-electron chi connectivity index (χ3n) is 1.58. The minimum absolute atomic E-state index is 0.958. The van der Waals surface area contributed by atoms with E-state index in [2.05, 4.69) is 22.5 Å². The SMILES string of the molecule is C=C/C(Br)=c1/cccc/c1=C/N. The molecule has 1 rings (SSSR count). The van der Waals surface area contributed by atoms with Crippen LogP contribution in [-0.4, -0.2) is 0 Å². The Morgan fingerprint density at radius 3 is 2.67 bits per heavy atom. The molecule has 12 heavy (non-hydrogen) atoms. The molecule has 2 N–H and O–H groups in total. The normalized spacial score (nSPS) is 14.2. The zero-order valence-corrected chi connectivity index (χ0v) is 8.21. The van der Waals surface area contributed by atoms with E-state index in [0.717, 1.165) is 14.9 Å². The lowest BCUT2D eigenvalue weighted by atomic mass is 10.2. The highest BCUT2D eigenvalue weighted by atomic mass is 79.9. The molecule has 0 radical (unpaired) electrons. The first-order valence-electron chi connectivity index (χ1n) is 3.59. The molecule has 0 aromatic heterocycles. The molecule has 0 heterocycles. The summed E-state index contributed by atoms with van der Waals surface area (Å²) >= 11 is 3.40. The molecule has 0 amide bonds. The summed E-state index contributed by atoms with van der Waals surface area (Å²) in [5, 5.41) is 2.07. The summed E-state index contributed by atoms with van der Waals surface area (Å²) in [5.74, 6) is 0. The molecule has 0 unspecified atom stereocenters. The van der Waals surface area contributed by atoms with Crippen LogP contribution in [0, 0.1) is 0 Å². The Labute approximate surface area is 80.0 Å². The van der Waals surface area contributed by atoms with Gasteiger partial charge in [-0.15, -0.1) is 0 Å². The van der Waals surface area contributed by atoms with Gasteiger partial charge in [0.1, 0.15) is 0 Å². The first-order valence-corrected chi connectivity index (χ1v) is 4.38. The Hall–Kier alpha value is -1.02. The minimum Gasteiger partial charge on any atom is -0.404 e. The monoisotopic (exact) mass is 223 g/mol. The van der Waals surface area contributed by atoms with Crippen molar-refractivity contribution in [2.45, 2.75) is 0 Å². The third kappa shape index (κ3) is 1.77. The highest BCUT2D eigenvalue weighted by Crippen LogP contribution is 2.01. The summed E-state index contributed by atoms with van der Waals surface area (Å²) in [7, 11) is 0. The largest absolute Gasteiger partial charge is 0.404 e. The van der Waals surface area contributed by atoms with Crippen molar-refractivity contribution in [2.24, 2.45) is 5.73 Å². The Morgan fingerprint density at radius 2 is 2.08 bits per heavy atom. The van der Waals surface area contributed by atoms with Gasteiger partial charge in [-0.1, -0.05) is 52.9 Å². The van der Waals surface area contributed by atoms with Gasteiger partial charge in [-0.2, -0.15) is 0 Å². The standard InChI is InChI=1S/C10H10BrN/c1-2-10(11)9-6-4-3-5-8(9)7-12/h2-7H,1,12H2/b8-7-,10-9+. The molecule has 1 nitrogen and oxygen atoms in total. The number of hydrogen-bond donors (Lipinski definition) is 1. The van der Waals surface area contributed by atoms with Crippen LogP contribution in [0.5, 0.6) is 0 Å². The molecular formula is C10H10BrN. The first-order chi connectivity index (χ1) is 5.79. The fraction of sp³-hybridized carbons (Fsp3) is 0. The van der Waals surface area contributed by atoms with Crippen molar-refractivity contribution < 1.29 is 0 Å². The van der Waals surface area contributed by atoms with Crippen LogP contribution in [0.1, 0.15) is 0 Å². The van der Waals surface area contributed by atoms with Crippen LogP contribution in [0.2, 0.25) is 0 Å². The predicted molar refractivity (Wildman–Crippen MR) is 56.9 cm³/mol. The smallest absolute Gasteiger partial charge is 0.0248 e. The maximum Gasteiger partial charge on any atom is 0.0248 e. The van der Waals surface area contributed by atoms with Crippen LogP contribution in [0.15, 0.2) is 36.9 Å². The molecule has 0 atom stereocenters. The zero-order valence-electron chi connectivity index (χ0n) is 6.63. The average Bonchev–Trinajstić information content (AvgIpc) is 2.16. The summed E-state index contributed by atoms with van der Waals surface area (Å²) in [6.07, 6.45) is 3.34. The van der Waals surface area contributed by atoms with Crippen LogP contribution in [0.4, 0.5) is 0 Å². The molecule has 0 saturated heterocycles. The highest BCUT2D eigenvalue weighted by Gasteiger charge is 1.87. The van der Waals surface area contributed by atoms with E-state index in [0.29, 0.717) is 0 Å². The van der Waals surface area contributed by atoms with Crippen molar-refractivity contribution >= 4 is 26.6 Å². The summed E-state index contributed by atoms with van der Waals surface area (Å²) in [4.78, 5) is 0. The molecule has 1 aromatic carbocycles. The molecule has 0 aliphatic rings. The van der Waals surface area contributed by atoms with E-state index in [1.807, 2.05) is 24.3 Å². The molecule has 0 fully saturated rings. The van der Waals surface area contributed by atoms with Crippen molar-refractivity contribution in [3.8, 4) is 0 Å². The lowest BCUT2D eigenvalue weighted by Gasteiger charge is -1.91. The van der Waals surface area contributed by atoms with Crippen molar-refractivity contribution in [1.29, 1.82) is 0 Å². The van der Waals surface area contributed by atoms with Gasteiger partial charge >= 0.3 is 0 Å². The second-order valence-electron chi connectivity index (χ2n) is 2.31. The molecular weight excluding hydrogens is 214 g/mol. The quantitative estimate of drug-likeness (QED) is 0.758. The van der Waals surface area contributed by atoms with E-state index in [9.17, 15) is 0 Å². The van der Waals surface area contributed by atoms with Crippen LogP contribution in [-0.2, 0) is 0 Å². The van der Waals surface area contributed by atoms with Crippen LogP contribution < -0.4 is 16.2 Å². The highest BCUT2D eigenvalue weighted by molar-refractivity contribution is 9.15. The van der Waals surface area contributed by atoms with Gasteiger partial charge in [0, 0.05) is 10.7 Å². The molecule has 0 aliphatic heterocycles. The van der Waals surface area contributed by atoms with Gasteiger partial charge in [-0.05, 0) is 10.4 Å². The number of allylic oxidation sites excluding steroid dienone is 1. The third-order valence-corrected chi connectivity index (χ3v) is 2.33. The summed E-state index contributed by atoms with van der Waals surface area (Å²) in [6, 6.07) is 7.86. The Bertz CT molecular complexity index is 393.